The number of hydrogen-bond donors (Lipinski definition) is 1. The van der Waals surface area contributed by atoms with Gasteiger partial charge in [-0.1, -0.05) is 19.3 Å². The number of carbonyl (C=O) groups is 1. The maximum Gasteiger partial charge on any atom is 0.326 e. The molecule has 0 aliphatic heterocycles. The first-order chi connectivity index (χ1) is 10.0. The average Bonchev–Trinajstić information content (AvgIpc) is 3.16. The predicted molar refractivity (Wildman–Crippen MR) is 83.2 cm³/mol. The molecule has 2 rings (SSSR count). The van der Waals surface area contributed by atoms with Crippen molar-refractivity contribution >= 4 is 5.97 Å². The van der Waals surface area contributed by atoms with E-state index < -0.39 is 5.54 Å². The molecule has 0 heterocycles. The van der Waals surface area contributed by atoms with Crippen LogP contribution in [0.25, 0.3) is 0 Å². The Kier molecular flexibility index (Phi) is 6.06. The van der Waals surface area contributed by atoms with Crippen LogP contribution in [0.15, 0.2) is 0 Å². The van der Waals surface area contributed by atoms with Gasteiger partial charge < -0.3 is 9.47 Å². The van der Waals surface area contributed by atoms with Crippen LogP contribution in [0.3, 0.4) is 0 Å². The van der Waals surface area contributed by atoms with Crippen LogP contribution in [-0.4, -0.2) is 36.9 Å². The van der Waals surface area contributed by atoms with E-state index in [0.29, 0.717) is 19.1 Å². The summed E-state index contributed by atoms with van der Waals surface area (Å²) in [6.45, 7) is 7.11. The fourth-order valence-corrected chi connectivity index (χ4v) is 3.02. The van der Waals surface area contributed by atoms with Crippen LogP contribution in [0, 0.1) is 5.92 Å². The van der Waals surface area contributed by atoms with Gasteiger partial charge in [0.25, 0.3) is 0 Å². The molecule has 2 fully saturated rings. The Hall–Kier alpha value is -0.610. The summed E-state index contributed by atoms with van der Waals surface area (Å²) in [6.07, 6.45) is 8.34. The van der Waals surface area contributed by atoms with Crippen LogP contribution in [0.2, 0.25) is 0 Å². The summed E-state index contributed by atoms with van der Waals surface area (Å²) in [5.74, 6) is 0.726. The summed E-state index contributed by atoms with van der Waals surface area (Å²) < 4.78 is 11.2. The molecule has 2 unspecified atom stereocenters. The van der Waals surface area contributed by atoms with Crippen molar-refractivity contribution in [3.8, 4) is 0 Å². The number of carbonyl (C=O) groups excluding carboxylic acids is 1. The molecule has 0 saturated heterocycles. The van der Waals surface area contributed by atoms with E-state index in [2.05, 4.69) is 12.2 Å². The highest BCUT2D eigenvalue weighted by Gasteiger charge is 2.40. The van der Waals surface area contributed by atoms with E-state index in [9.17, 15) is 4.79 Å². The summed E-state index contributed by atoms with van der Waals surface area (Å²) in [7, 11) is 0. The van der Waals surface area contributed by atoms with Crippen molar-refractivity contribution in [3.63, 3.8) is 0 Å². The summed E-state index contributed by atoms with van der Waals surface area (Å²) in [5.41, 5.74) is -0.618. The van der Waals surface area contributed by atoms with E-state index in [1.165, 1.54) is 19.3 Å². The second kappa shape index (κ2) is 7.59. The summed E-state index contributed by atoms with van der Waals surface area (Å²) in [5, 5.41) is 3.45. The molecule has 21 heavy (non-hydrogen) atoms. The quantitative estimate of drug-likeness (QED) is 0.630. The van der Waals surface area contributed by atoms with Crippen molar-refractivity contribution in [2.45, 2.75) is 83.4 Å². The summed E-state index contributed by atoms with van der Waals surface area (Å²) >= 11 is 0. The van der Waals surface area contributed by atoms with Crippen molar-refractivity contribution in [2.75, 3.05) is 13.2 Å². The highest BCUT2D eigenvalue weighted by Crippen LogP contribution is 2.30. The van der Waals surface area contributed by atoms with Crippen molar-refractivity contribution in [1.82, 2.24) is 5.32 Å². The zero-order chi connectivity index (χ0) is 15.3. The molecule has 2 atom stereocenters. The molecule has 4 heteroatoms. The molecule has 0 bridgehead atoms. The fourth-order valence-electron chi connectivity index (χ4n) is 3.02. The van der Waals surface area contributed by atoms with Gasteiger partial charge in [0.2, 0.25) is 0 Å². The molecule has 0 amide bonds. The van der Waals surface area contributed by atoms with E-state index in [0.717, 1.165) is 31.8 Å². The van der Waals surface area contributed by atoms with Crippen molar-refractivity contribution in [2.24, 2.45) is 5.92 Å². The highest BCUT2D eigenvalue weighted by atomic mass is 16.5. The Bertz CT molecular complexity index is 339. The molecule has 2 saturated carbocycles. The molecule has 0 aromatic heterocycles. The SMILES string of the molecule is CCOC(=O)C(C)(CC(C)OCCC1CCC1)NC1CC1. The van der Waals surface area contributed by atoms with Crippen molar-refractivity contribution in [3.05, 3.63) is 0 Å². The van der Waals surface area contributed by atoms with Gasteiger partial charge in [-0.15, -0.1) is 0 Å². The highest BCUT2D eigenvalue weighted by molar-refractivity contribution is 5.80. The zero-order valence-corrected chi connectivity index (χ0v) is 13.8. The van der Waals surface area contributed by atoms with E-state index in [-0.39, 0.29) is 12.1 Å². The van der Waals surface area contributed by atoms with E-state index >= 15 is 0 Å². The van der Waals surface area contributed by atoms with E-state index in [1.807, 2.05) is 13.8 Å². The summed E-state index contributed by atoms with van der Waals surface area (Å²) in [6, 6.07) is 0.474. The Labute approximate surface area is 129 Å². The third-order valence-corrected chi connectivity index (χ3v) is 4.67. The summed E-state index contributed by atoms with van der Waals surface area (Å²) in [4.78, 5) is 12.3. The van der Waals surface area contributed by atoms with Gasteiger partial charge in [0.1, 0.15) is 5.54 Å². The van der Waals surface area contributed by atoms with Crippen LogP contribution in [0.4, 0.5) is 0 Å². The largest absolute Gasteiger partial charge is 0.465 e. The van der Waals surface area contributed by atoms with Gasteiger partial charge in [0.15, 0.2) is 0 Å². The number of rotatable bonds is 10. The lowest BCUT2D eigenvalue weighted by molar-refractivity contribution is -0.152. The normalized spacial score (nSPS) is 23.2. The maximum absolute atomic E-state index is 12.3. The second-order valence-electron chi connectivity index (χ2n) is 6.94. The molecule has 0 aromatic carbocycles. The minimum Gasteiger partial charge on any atom is -0.465 e. The van der Waals surface area contributed by atoms with Gasteiger partial charge in [-0.05, 0) is 46.0 Å². The molecule has 1 N–H and O–H groups in total. The molecule has 122 valence electrons. The standard InChI is InChI=1S/C17H31NO3/c1-4-20-16(19)17(3,18-15-8-9-15)12-13(2)21-11-10-14-6-5-7-14/h13-15,18H,4-12H2,1-3H3. The van der Waals surface area contributed by atoms with E-state index in [4.69, 9.17) is 9.47 Å². The lowest BCUT2D eigenvalue weighted by Crippen LogP contribution is -2.53. The first-order valence-corrected chi connectivity index (χ1v) is 8.60. The maximum atomic E-state index is 12.3. The average molecular weight is 297 g/mol. The third kappa shape index (κ3) is 5.26. The van der Waals surface area contributed by atoms with Crippen LogP contribution < -0.4 is 5.32 Å². The molecule has 0 spiro atoms. The monoisotopic (exact) mass is 297 g/mol. The van der Waals surface area contributed by atoms with Gasteiger partial charge in [-0.3, -0.25) is 10.1 Å². The first-order valence-electron chi connectivity index (χ1n) is 8.60. The number of esters is 1. The molecule has 2 aliphatic carbocycles. The fraction of sp³-hybridized carbons (Fsp3) is 0.941. The second-order valence-corrected chi connectivity index (χ2v) is 6.94. The Balaban J connectivity index is 1.76. The topological polar surface area (TPSA) is 47.6 Å². The van der Waals surface area contributed by atoms with Gasteiger partial charge >= 0.3 is 5.97 Å². The lowest BCUT2D eigenvalue weighted by atomic mass is 9.83. The van der Waals surface area contributed by atoms with Crippen LogP contribution in [-0.2, 0) is 14.3 Å². The van der Waals surface area contributed by atoms with Crippen LogP contribution in [0.1, 0.15) is 65.7 Å². The van der Waals surface area contributed by atoms with Crippen molar-refractivity contribution < 1.29 is 14.3 Å². The molecule has 2 aliphatic rings. The minimum absolute atomic E-state index is 0.0748. The number of hydrogen-bond acceptors (Lipinski definition) is 4. The molecule has 4 nitrogen and oxygen atoms in total. The number of ether oxygens (including phenoxy) is 2. The Morgan fingerprint density at radius 3 is 2.57 bits per heavy atom. The van der Waals surface area contributed by atoms with Crippen molar-refractivity contribution in [1.29, 1.82) is 0 Å². The van der Waals surface area contributed by atoms with Gasteiger partial charge in [-0.25, -0.2) is 0 Å². The third-order valence-electron chi connectivity index (χ3n) is 4.67. The molecule has 0 radical (unpaired) electrons. The molecule has 0 aromatic rings. The Morgan fingerprint density at radius 2 is 2.05 bits per heavy atom. The van der Waals surface area contributed by atoms with Crippen LogP contribution in [0.5, 0.6) is 0 Å². The zero-order valence-electron chi connectivity index (χ0n) is 13.8. The van der Waals surface area contributed by atoms with Gasteiger partial charge in [-0.2, -0.15) is 0 Å². The predicted octanol–water partition coefficient (Wildman–Crippen LogP) is 3.05. The minimum atomic E-state index is -0.618. The smallest absolute Gasteiger partial charge is 0.326 e. The van der Waals surface area contributed by atoms with Gasteiger partial charge in [0.05, 0.1) is 12.7 Å². The molecular formula is C17H31NO3. The lowest BCUT2D eigenvalue weighted by Gasteiger charge is -2.32. The first kappa shape index (κ1) is 16.8. The Morgan fingerprint density at radius 1 is 1.33 bits per heavy atom. The van der Waals surface area contributed by atoms with E-state index in [1.54, 1.807) is 0 Å². The van der Waals surface area contributed by atoms with Gasteiger partial charge in [0, 0.05) is 19.1 Å². The van der Waals surface area contributed by atoms with Crippen LogP contribution >= 0.6 is 0 Å². The molecular weight excluding hydrogens is 266 g/mol. The number of nitrogens with one attached hydrogen (secondary N) is 1.